The number of ether oxygens (including phenoxy) is 1. The number of carbonyl (C=O) groups is 1. The number of hydrogen-bond acceptors (Lipinski definition) is 3. The molecule has 0 aliphatic rings. The predicted molar refractivity (Wildman–Crippen MR) is 55.9 cm³/mol. The van der Waals surface area contributed by atoms with E-state index in [1.807, 2.05) is 19.1 Å². The van der Waals surface area contributed by atoms with Crippen molar-refractivity contribution in [2.45, 2.75) is 20.3 Å². The summed E-state index contributed by atoms with van der Waals surface area (Å²) in [6.45, 7) is 4.11. The Morgan fingerprint density at radius 2 is 2.33 bits per heavy atom. The third kappa shape index (κ3) is 3.58. The SMILES string of the molecule is CCOc1cccc(CC(C)C(=O)O)n1. The largest absolute Gasteiger partial charge is 0.481 e. The van der Waals surface area contributed by atoms with Gasteiger partial charge in [0.05, 0.1) is 12.5 Å². The summed E-state index contributed by atoms with van der Waals surface area (Å²) in [5, 5.41) is 8.76. The minimum atomic E-state index is -0.807. The van der Waals surface area contributed by atoms with Crippen LogP contribution in [0.4, 0.5) is 0 Å². The molecule has 0 saturated heterocycles. The van der Waals surface area contributed by atoms with Gasteiger partial charge in [0.15, 0.2) is 0 Å². The minimum Gasteiger partial charge on any atom is -0.481 e. The number of rotatable bonds is 5. The van der Waals surface area contributed by atoms with E-state index < -0.39 is 11.9 Å². The maximum absolute atomic E-state index is 10.7. The maximum Gasteiger partial charge on any atom is 0.306 e. The second-order valence-corrected chi connectivity index (χ2v) is 3.34. The van der Waals surface area contributed by atoms with Crippen molar-refractivity contribution in [2.24, 2.45) is 5.92 Å². The van der Waals surface area contributed by atoms with Crippen LogP contribution in [-0.2, 0) is 11.2 Å². The first-order chi connectivity index (χ1) is 7.13. The van der Waals surface area contributed by atoms with E-state index in [0.717, 1.165) is 5.69 Å². The maximum atomic E-state index is 10.7. The molecule has 82 valence electrons. The van der Waals surface area contributed by atoms with Gasteiger partial charge in [0, 0.05) is 18.2 Å². The Kier molecular flexibility index (Phi) is 4.09. The number of aromatic nitrogens is 1. The van der Waals surface area contributed by atoms with Gasteiger partial charge in [0.1, 0.15) is 0 Å². The van der Waals surface area contributed by atoms with Crippen LogP contribution in [0.15, 0.2) is 18.2 Å². The van der Waals surface area contributed by atoms with Crippen molar-refractivity contribution in [3.63, 3.8) is 0 Å². The number of carboxylic acids is 1. The Hall–Kier alpha value is -1.58. The van der Waals surface area contributed by atoms with Crippen LogP contribution in [0.25, 0.3) is 0 Å². The molecule has 0 saturated carbocycles. The lowest BCUT2D eigenvalue weighted by Gasteiger charge is -2.07. The number of carboxylic acid groups (broad SMARTS) is 1. The summed E-state index contributed by atoms with van der Waals surface area (Å²) in [6.07, 6.45) is 0.427. The van der Waals surface area contributed by atoms with Crippen molar-refractivity contribution < 1.29 is 14.6 Å². The highest BCUT2D eigenvalue weighted by molar-refractivity contribution is 5.69. The third-order valence-electron chi connectivity index (χ3n) is 2.01. The molecule has 1 unspecified atom stereocenters. The van der Waals surface area contributed by atoms with Crippen LogP contribution in [0.2, 0.25) is 0 Å². The molecular weight excluding hydrogens is 194 g/mol. The van der Waals surface area contributed by atoms with Crippen molar-refractivity contribution in [1.29, 1.82) is 0 Å². The van der Waals surface area contributed by atoms with E-state index in [2.05, 4.69) is 4.98 Å². The van der Waals surface area contributed by atoms with E-state index in [1.165, 1.54) is 0 Å². The molecule has 0 spiro atoms. The fraction of sp³-hybridized carbons (Fsp3) is 0.455. The molecule has 4 nitrogen and oxygen atoms in total. The van der Waals surface area contributed by atoms with Crippen LogP contribution in [0, 0.1) is 5.92 Å². The van der Waals surface area contributed by atoms with E-state index in [4.69, 9.17) is 9.84 Å². The van der Waals surface area contributed by atoms with Crippen molar-refractivity contribution in [3.8, 4) is 5.88 Å². The van der Waals surface area contributed by atoms with Gasteiger partial charge in [-0.25, -0.2) is 4.98 Å². The minimum absolute atomic E-state index is 0.422. The number of nitrogens with zero attached hydrogens (tertiary/aromatic N) is 1. The Labute approximate surface area is 88.9 Å². The first-order valence-corrected chi connectivity index (χ1v) is 4.95. The molecule has 0 fully saturated rings. The molecule has 1 N–H and O–H groups in total. The van der Waals surface area contributed by atoms with Gasteiger partial charge in [-0.1, -0.05) is 13.0 Å². The van der Waals surface area contributed by atoms with Crippen LogP contribution in [-0.4, -0.2) is 22.7 Å². The summed E-state index contributed by atoms with van der Waals surface area (Å²) in [4.78, 5) is 14.9. The fourth-order valence-corrected chi connectivity index (χ4v) is 1.20. The highest BCUT2D eigenvalue weighted by Crippen LogP contribution is 2.11. The molecule has 1 aromatic heterocycles. The number of pyridine rings is 1. The molecule has 1 aromatic rings. The Bertz CT molecular complexity index is 338. The van der Waals surface area contributed by atoms with Crippen LogP contribution in [0.5, 0.6) is 5.88 Å². The van der Waals surface area contributed by atoms with Gasteiger partial charge in [0.2, 0.25) is 5.88 Å². The first-order valence-electron chi connectivity index (χ1n) is 4.95. The third-order valence-corrected chi connectivity index (χ3v) is 2.01. The molecular formula is C11H15NO3. The summed E-state index contributed by atoms with van der Waals surface area (Å²) < 4.78 is 5.23. The van der Waals surface area contributed by atoms with Gasteiger partial charge in [-0.2, -0.15) is 0 Å². The molecule has 0 radical (unpaired) electrons. The molecule has 4 heteroatoms. The summed E-state index contributed by atoms with van der Waals surface area (Å²) in [7, 11) is 0. The van der Waals surface area contributed by atoms with E-state index in [1.54, 1.807) is 13.0 Å². The summed E-state index contributed by atoms with van der Waals surface area (Å²) >= 11 is 0. The van der Waals surface area contributed by atoms with E-state index in [-0.39, 0.29) is 0 Å². The smallest absolute Gasteiger partial charge is 0.306 e. The second kappa shape index (κ2) is 5.34. The van der Waals surface area contributed by atoms with E-state index in [0.29, 0.717) is 18.9 Å². The lowest BCUT2D eigenvalue weighted by molar-refractivity contribution is -0.141. The molecule has 1 rings (SSSR count). The van der Waals surface area contributed by atoms with Gasteiger partial charge in [-0.15, -0.1) is 0 Å². The van der Waals surface area contributed by atoms with Crippen LogP contribution in [0.1, 0.15) is 19.5 Å². The van der Waals surface area contributed by atoms with Crippen molar-refractivity contribution in [2.75, 3.05) is 6.61 Å². The predicted octanol–water partition coefficient (Wildman–Crippen LogP) is 1.74. The van der Waals surface area contributed by atoms with Gasteiger partial charge in [-0.3, -0.25) is 4.79 Å². The normalized spacial score (nSPS) is 12.1. The topological polar surface area (TPSA) is 59.4 Å². The van der Waals surface area contributed by atoms with Gasteiger partial charge in [0.25, 0.3) is 0 Å². The Morgan fingerprint density at radius 1 is 1.60 bits per heavy atom. The summed E-state index contributed by atoms with van der Waals surface area (Å²) in [5.74, 6) is -0.680. The van der Waals surface area contributed by atoms with Crippen molar-refractivity contribution in [3.05, 3.63) is 23.9 Å². The summed E-state index contributed by atoms with van der Waals surface area (Å²) in [5.41, 5.74) is 0.746. The molecule has 1 heterocycles. The highest BCUT2D eigenvalue weighted by atomic mass is 16.5. The zero-order valence-corrected chi connectivity index (χ0v) is 8.93. The molecule has 15 heavy (non-hydrogen) atoms. The van der Waals surface area contributed by atoms with Gasteiger partial charge < -0.3 is 9.84 Å². The quantitative estimate of drug-likeness (QED) is 0.802. The van der Waals surface area contributed by atoms with Crippen LogP contribution in [0.3, 0.4) is 0 Å². The van der Waals surface area contributed by atoms with E-state index in [9.17, 15) is 4.79 Å². The average Bonchev–Trinajstić information content (AvgIpc) is 2.18. The lowest BCUT2D eigenvalue weighted by Crippen LogP contribution is -2.13. The Balaban J connectivity index is 2.68. The number of hydrogen-bond donors (Lipinski definition) is 1. The lowest BCUT2D eigenvalue weighted by atomic mass is 10.1. The fourth-order valence-electron chi connectivity index (χ4n) is 1.20. The molecule has 1 atom stereocenters. The molecule has 0 aliphatic carbocycles. The standard InChI is InChI=1S/C11H15NO3/c1-3-15-10-6-4-5-9(12-10)7-8(2)11(13)14/h4-6,8H,3,7H2,1-2H3,(H,13,14). The monoisotopic (exact) mass is 209 g/mol. The van der Waals surface area contributed by atoms with Crippen LogP contribution < -0.4 is 4.74 Å². The molecule has 0 bridgehead atoms. The van der Waals surface area contributed by atoms with Crippen molar-refractivity contribution >= 4 is 5.97 Å². The first kappa shape index (κ1) is 11.5. The van der Waals surface area contributed by atoms with Crippen LogP contribution >= 0.6 is 0 Å². The van der Waals surface area contributed by atoms with Gasteiger partial charge >= 0.3 is 5.97 Å². The molecule has 0 aliphatic heterocycles. The second-order valence-electron chi connectivity index (χ2n) is 3.34. The highest BCUT2D eigenvalue weighted by Gasteiger charge is 2.12. The zero-order valence-electron chi connectivity index (χ0n) is 8.93. The molecule has 0 aromatic carbocycles. The van der Waals surface area contributed by atoms with Crippen molar-refractivity contribution in [1.82, 2.24) is 4.98 Å². The zero-order chi connectivity index (χ0) is 11.3. The Morgan fingerprint density at radius 3 is 2.93 bits per heavy atom. The summed E-state index contributed by atoms with van der Waals surface area (Å²) in [6, 6.07) is 5.39. The van der Waals surface area contributed by atoms with Gasteiger partial charge in [-0.05, 0) is 13.0 Å². The van der Waals surface area contributed by atoms with E-state index >= 15 is 0 Å². The molecule has 0 amide bonds. The average molecular weight is 209 g/mol. The number of aliphatic carboxylic acids is 1.